The molecule has 0 amide bonds. The second-order valence-corrected chi connectivity index (χ2v) is 5.03. The predicted molar refractivity (Wildman–Crippen MR) is 61.6 cm³/mol. The van der Waals surface area contributed by atoms with Crippen LogP contribution in [0.4, 0.5) is 0 Å². The van der Waals surface area contributed by atoms with Crippen molar-refractivity contribution >= 4 is 11.6 Å². The summed E-state index contributed by atoms with van der Waals surface area (Å²) in [4.78, 5) is 0. The molecule has 0 N–H and O–H groups in total. The van der Waals surface area contributed by atoms with E-state index >= 15 is 0 Å². The molecule has 2 aliphatic rings. The molecule has 2 heteroatoms. The van der Waals surface area contributed by atoms with Crippen LogP contribution < -0.4 is 4.74 Å². The van der Waals surface area contributed by atoms with Crippen LogP contribution in [0.15, 0.2) is 18.2 Å². The van der Waals surface area contributed by atoms with E-state index in [-0.39, 0.29) is 5.38 Å². The van der Waals surface area contributed by atoms with Crippen LogP contribution in [-0.2, 0) is 6.42 Å². The lowest BCUT2D eigenvalue weighted by Gasteiger charge is -2.30. The Morgan fingerprint density at radius 2 is 2.20 bits per heavy atom. The minimum absolute atomic E-state index is 0.213. The summed E-state index contributed by atoms with van der Waals surface area (Å²) in [7, 11) is 0. The molecule has 1 saturated carbocycles. The van der Waals surface area contributed by atoms with Crippen molar-refractivity contribution in [2.75, 3.05) is 6.61 Å². The number of halogens is 1. The number of alkyl halides is 1. The van der Waals surface area contributed by atoms with Crippen molar-refractivity contribution in [3.8, 4) is 5.75 Å². The molecule has 80 valence electrons. The van der Waals surface area contributed by atoms with Gasteiger partial charge in [-0.05, 0) is 36.0 Å². The molecule has 1 aromatic rings. The summed E-state index contributed by atoms with van der Waals surface area (Å²) in [5, 5.41) is 0.213. The highest BCUT2D eigenvalue weighted by molar-refractivity contribution is 6.21. The molecule has 1 aliphatic carbocycles. The van der Waals surface area contributed by atoms with Crippen LogP contribution in [0.5, 0.6) is 5.75 Å². The van der Waals surface area contributed by atoms with E-state index < -0.39 is 0 Å². The van der Waals surface area contributed by atoms with Gasteiger partial charge in [0.15, 0.2) is 0 Å². The fourth-order valence-electron chi connectivity index (χ4n) is 2.38. The zero-order valence-electron chi connectivity index (χ0n) is 8.71. The normalized spacial score (nSPS) is 21.7. The Bertz CT molecular complexity index is 371. The van der Waals surface area contributed by atoms with Gasteiger partial charge in [0.05, 0.1) is 12.0 Å². The van der Waals surface area contributed by atoms with E-state index in [0.29, 0.717) is 5.92 Å². The number of benzene rings is 1. The van der Waals surface area contributed by atoms with E-state index in [2.05, 4.69) is 18.2 Å². The monoisotopic (exact) mass is 222 g/mol. The SMILES string of the molecule is ClC(c1ccc2c(c1)CCO2)C1CCC1. The molecule has 1 atom stereocenters. The summed E-state index contributed by atoms with van der Waals surface area (Å²) in [5.74, 6) is 1.75. The third-order valence-electron chi connectivity index (χ3n) is 3.60. The van der Waals surface area contributed by atoms with Gasteiger partial charge in [-0.1, -0.05) is 18.6 Å². The Kier molecular flexibility index (Phi) is 2.36. The van der Waals surface area contributed by atoms with E-state index in [0.717, 1.165) is 18.8 Å². The van der Waals surface area contributed by atoms with E-state index in [1.54, 1.807) is 0 Å². The van der Waals surface area contributed by atoms with Gasteiger partial charge in [0, 0.05) is 6.42 Å². The number of hydrogen-bond donors (Lipinski definition) is 0. The number of fused-ring (bicyclic) bond motifs is 1. The summed E-state index contributed by atoms with van der Waals surface area (Å²) in [5.41, 5.74) is 2.61. The van der Waals surface area contributed by atoms with Gasteiger partial charge in [-0.25, -0.2) is 0 Å². The Labute approximate surface area is 95.4 Å². The average molecular weight is 223 g/mol. The maximum Gasteiger partial charge on any atom is 0.122 e. The van der Waals surface area contributed by atoms with Crippen molar-refractivity contribution in [2.45, 2.75) is 31.1 Å². The first kappa shape index (κ1) is 9.53. The van der Waals surface area contributed by atoms with Gasteiger partial charge in [0.1, 0.15) is 5.75 Å². The fourth-order valence-corrected chi connectivity index (χ4v) is 2.77. The molecule has 15 heavy (non-hydrogen) atoms. The second-order valence-electron chi connectivity index (χ2n) is 4.56. The molecule has 0 bridgehead atoms. The standard InChI is InChI=1S/C13H15ClO/c14-13(9-2-1-3-9)11-4-5-12-10(8-11)6-7-15-12/h4-5,8-9,13H,1-3,6-7H2. The Morgan fingerprint density at radius 3 is 2.93 bits per heavy atom. The number of rotatable bonds is 2. The van der Waals surface area contributed by atoms with Crippen LogP contribution in [0.2, 0.25) is 0 Å². The van der Waals surface area contributed by atoms with Crippen LogP contribution >= 0.6 is 11.6 Å². The molecule has 1 nitrogen and oxygen atoms in total. The lowest BCUT2D eigenvalue weighted by atomic mass is 9.80. The number of ether oxygens (including phenoxy) is 1. The van der Waals surface area contributed by atoms with E-state index in [1.807, 2.05) is 0 Å². The highest BCUT2D eigenvalue weighted by atomic mass is 35.5. The first-order chi connectivity index (χ1) is 7.34. The van der Waals surface area contributed by atoms with Crippen LogP contribution in [0, 0.1) is 5.92 Å². The lowest BCUT2D eigenvalue weighted by Crippen LogP contribution is -2.16. The van der Waals surface area contributed by atoms with Gasteiger partial charge in [-0.3, -0.25) is 0 Å². The second kappa shape index (κ2) is 3.71. The summed E-state index contributed by atoms with van der Waals surface area (Å²) in [6.07, 6.45) is 4.98. The molecule has 1 fully saturated rings. The third-order valence-corrected chi connectivity index (χ3v) is 4.20. The maximum absolute atomic E-state index is 6.47. The maximum atomic E-state index is 6.47. The molecule has 3 rings (SSSR count). The Balaban J connectivity index is 1.85. The summed E-state index contributed by atoms with van der Waals surface area (Å²) >= 11 is 6.47. The van der Waals surface area contributed by atoms with Gasteiger partial charge in [0.25, 0.3) is 0 Å². The van der Waals surface area contributed by atoms with E-state index in [1.165, 1.54) is 30.4 Å². The van der Waals surface area contributed by atoms with Gasteiger partial charge < -0.3 is 4.74 Å². The molecule has 1 aliphatic heterocycles. The molecule has 0 aromatic heterocycles. The van der Waals surface area contributed by atoms with Crippen molar-refractivity contribution in [3.05, 3.63) is 29.3 Å². The smallest absolute Gasteiger partial charge is 0.122 e. The van der Waals surface area contributed by atoms with Crippen molar-refractivity contribution < 1.29 is 4.74 Å². The van der Waals surface area contributed by atoms with Crippen LogP contribution in [-0.4, -0.2) is 6.61 Å². The lowest BCUT2D eigenvalue weighted by molar-refractivity contribution is 0.305. The van der Waals surface area contributed by atoms with Gasteiger partial charge in [0.2, 0.25) is 0 Å². The molecule has 1 unspecified atom stereocenters. The predicted octanol–water partition coefficient (Wildman–Crippen LogP) is 3.70. The number of hydrogen-bond acceptors (Lipinski definition) is 1. The van der Waals surface area contributed by atoms with Crippen molar-refractivity contribution in [3.63, 3.8) is 0 Å². The van der Waals surface area contributed by atoms with Crippen molar-refractivity contribution in [1.82, 2.24) is 0 Å². The molecule has 0 radical (unpaired) electrons. The minimum Gasteiger partial charge on any atom is -0.493 e. The molecule has 0 spiro atoms. The van der Waals surface area contributed by atoms with Crippen molar-refractivity contribution in [2.24, 2.45) is 5.92 Å². The quantitative estimate of drug-likeness (QED) is 0.694. The molecular formula is C13H15ClO. The molecular weight excluding hydrogens is 208 g/mol. The molecule has 0 saturated heterocycles. The van der Waals surface area contributed by atoms with Crippen molar-refractivity contribution in [1.29, 1.82) is 0 Å². The Morgan fingerprint density at radius 1 is 1.33 bits per heavy atom. The highest BCUT2D eigenvalue weighted by Crippen LogP contribution is 2.42. The Hall–Kier alpha value is -0.690. The van der Waals surface area contributed by atoms with E-state index in [4.69, 9.17) is 16.3 Å². The summed E-state index contributed by atoms with van der Waals surface area (Å²) < 4.78 is 5.49. The molecule has 1 heterocycles. The summed E-state index contributed by atoms with van der Waals surface area (Å²) in [6.45, 7) is 0.829. The highest BCUT2D eigenvalue weighted by Gasteiger charge is 2.27. The molecule has 1 aromatic carbocycles. The van der Waals surface area contributed by atoms with Crippen LogP contribution in [0.3, 0.4) is 0 Å². The van der Waals surface area contributed by atoms with Gasteiger partial charge >= 0.3 is 0 Å². The van der Waals surface area contributed by atoms with Crippen LogP contribution in [0.1, 0.15) is 35.8 Å². The topological polar surface area (TPSA) is 9.23 Å². The average Bonchev–Trinajstić information content (AvgIpc) is 2.61. The van der Waals surface area contributed by atoms with Gasteiger partial charge in [-0.15, -0.1) is 11.6 Å². The fraction of sp³-hybridized carbons (Fsp3) is 0.538. The zero-order chi connectivity index (χ0) is 10.3. The zero-order valence-corrected chi connectivity index (χ0v) is 9.46. The first-order valence-corrected chi connectivity index (χ1v) is 6.18. The van der Waals surface area contributed by atoms with E-state index in [9.17, 15) is 0 Å². The first-order valence-electron chi connectivity index (χ1n) is 5.74. The van der Waals surface area contributed by atoms with Gasteiger partial charge in [-0.2, -0.15) is 0 Å². The minimum atomic E-state index is 0.213. The van der Waals surface area contributed by atoms with Crippen LogP contribution in [0.25, 0.3) is 0 Å². The largest absolute Gasteiger partial charge is 0.493 e. The summed E-state index contributed by atoms with van der Waals surface area (Å²) in [6, 6.07) is 6.43. The third kappa shape index (κ3) is 1.63.